The fourth-order valence-electron chi connectivity index (χ4n) is 2.44. The number of nitrogens with zero attached hydrogens (tertiary/aromatic N) is 2. The van der Waals surface area contributed by atoms with E-state index >= 15 is 0 Å². The van der Waals surface area contributed by atoms with Crippen LogP contribution in [0.25, 0.3) is 0 Å². The van der Waals surface area contributed by atoms with Crippen LogP contribution in [0.1, 0.15) is 36.7 Å². The Balaban J connectivity index is 1.96. The Kier molecular flexibility index (Phi) is 3.61. The first-order valence-corrected chi connectivity index (χ1v) is 6.00. The molecule has 90 valence electrons. The van der Waals surface area contributed by atoms with Crippen LogP contribution in [0.4, 0.5) is 0 Å². The molecule has 0 aromatic carbocycles. The highest BCUT2D eigenvalue weighted by atomic mass is 16.5. The molecule has 0 spiro atoms. The normalized spacial score (nSPS) is 19.9. The van der Waals surface area contributed by atoms with Gasteiger partial charge in [-0.05, 0) is 38.2 Å². The predicted molar refractivity (Wildman–Crippen MR) is 63.0 cm³/mol. The van der Waals surface area contributed by atoms with Crippen LogP contribution in [0, 0.1) is 12.8 Å². The molecule has 2 N–H and O–H groups in total. The van der Waals surface area contributed by atoms with E-state index < -0.39 is 0 Å². The third kappa shape index (κ3) is 2.62. The van der Waals surface area contributed by atoms with E-state index in [0.717, 1.165) is 43.9 Å². The fraction of sp³-hybridized carbons (Fsp3) is 0.750. The molecule has 1 aromatic heterocycles. The Morgan fingerprint density at radius 1 is 1.56 bits per heavy atom. The monoisotopic (exact) mass is 223 g/mol. The van der Waals surface area contributed by atoms with Gasteiger partial charge in [0.2, 0.25) is 0 Å². The highest BCUT2D eigenvalue weighted by Gasteiger charge is 2.20. The lowest BCUT2D eigenvalue weighted by molar-refractivity contribution is 0.0616. The molecule has 0 amide bonds. The number of rotatable bonds is 3. The van der Waals surface area contributed by atoms with Crippen molar-refractivity contribution in [3.05, 3.63) is 17.5 Å². The van der Waals surface area contributed by atoms with E-state index in [1.807, 2.05) is 18.7 Å². The number of hydrogen-bond donors (Lipinski definition) is 1. The van der Waals surface area contributed by atoms with E-state index in [0.29, 0.717) is 5.92 Å². The van der Waals surface area contributed by atoms with Crippen molar-refractivity contribution >= 4 is 0 Å². The standard InChI is InChI=1S/C12H21N3O/c1-9-7-12(15(2)14-9)11(13)8-10-3-5-16-6-4-10/h7,10-11H,3-6,8,13H2,1-2H3. The van der Waals surface area contributed by atoms with E-state index in [-0.39, 0.29) is 6.04 Å². The minimum atomic E-state index is 0.106. The van der Waals surface area contributed by atoms with Gasteiger partial charge in [-0.15, -0.1) is 0 Å². The van der Waals surface area contributed by atoms with Crippen LogP contribution in [-0.4, -0.2) is 23.0 Å². The average Bonchev–Trinajstić information content (AvgIpc) is 2.59. The first-order valence-electron chi connectivity index (χ1n) is 6.00. The van der Waals surface area contributed by atoms with Crippen molar-refractivity contribution in [2.24, 2.45) is 18.7 Å². The summed E-state index contributed by atoms with van der Waals surface area (Å²) in [5.41, 5.74) is 8.42. The Morgan fingerprint density at radius 2 is 2.25 bits per heavy atom. The second-order valence-electron chi connectivity index (χ2n) is 4.73. The molecule has 2 rings (SSSR count). The number of nitrogens with two attached hydrogens (primary N) is 1. The molecule has 1 aliphatic heterocycles. The van der Waals surface area contributed by atoms with Gasteiger partial charge >= 0.3 is 0 Å². The van der Waals surface area contributed by atoms with Gasteiger partial charge in [0.05, 0.1) is 11.4 Å². The molecule has 0 aliphatic carbocycles. The lowest BCUT2D eigenvalue weighted by atomic mass is 9.91. The van der Waals surface area contributed by atoms with Crippen molar-refractivity contribution in [2.45, 2.75) is 32.2 Å². The maximum absolute atomic E-state index is 6.24. The van der Waals surface area contributed by atoms with Gasteiger partial charge in [0, 0.05) is 26.3 Å². The molecule has 2 heterocycles. The first kappa shape index (κ1) is 11.6. The van der Waals surface area contributed by atoms with Crippen molar-refractivity contribution in [2.75, 3.05) is 13.2 Å². The maximum atomic E-state index is 6.24. The molecule has 4 heteroatoms. The smallest absolute Gasteiger partial charge is 0.0597 e. The first-order chi connectivity index (χ1) is 7.66. The summed E-state index contributed by atoms with van der Waals surface area (Å²) < 4.78 is 7.26. The van der Waals surface area contributed by atoms with Gasteiger partial charge in [-0.2, -0.15) is 5.10 Å². The van der Waals surface area contributed by atoms with Gasteiger partial charge < -0.3 is 10.5 Å². The summed E-state index contributed by atoms with van der Waals surface area (Å²) in [6.07, 6.45) is 3.33. The zero-order valence-corrected chi connectivity index (χ0v) is 10.1. The van der Waals surface area contributed by atoms with Crippen LogP contribution in [-0.2, 0) is 11.8 Å². The van der Waals surface area contributed by atoms with Crippen LogP contribution in [0.5, 0.6) is 0 Å². The maximum Gasteiger partial charge on any atom is 0.0597 e. The van der Waals surface area contributed by atoms with Crippen LogP contribution in [0.2, 0.25) is 0 Å². The summed E-state index contributed by atoms with van der Waals surface area (Å²) in [4.78, 5) is 0. The van der Waals surface area contributed by atoms with Crippen molar-refractivity contribution in [3.63, 3.8) is 0 Å². The van der Waals surface area contributed by atoms with Crippen LogP contribution in [0.15, 0.2) is 6.07 Å². The van der Waals surface area contributed by atoms with Crippen LogP contribution >= 0.6 is 0 Å². The third-order valence-corrected chi connectivity index (χ3v) is 3.35. The highest BCUT2D eigenvalue weighted by molar-refractivity contribution is 5.12. The Bertz CT molecular complexity index is 342. The molecule has 1 aromatic rings. The molecule has 4 nitrogen and oxygen atoms in total. The molecular formula is C12H21N3O. The zero-order chi connectivity index (χ0) is 11.5. The van der Waals surface area contributed by atoms with E-state index in [4.69, 9.17) is 10.5 Å². The molecule has 0 bridgehead atoms. The highest BCUT2D eigenvalue weighted by Crippen LogP contribution is 2.26. The van der Waals surface area contributed by atoms with E-state index in [9.17, 15) is 0 Å². The van der Waals surface area contributed by atoms with Crippen molar-refractivity contribution in [1.82, 2.24) is 9.78 Å². The molecule has 1 aliphatic rings. The van der Waals surface area contributed by atoms with Gasteiger partial charge in [-0.3, -0.25) is 4.68 Å². The Morgan fingerprint density at radius 3 is 2.81 bits per heavy atom. The number of aryl methyl sites for hydroxylation is 2. The molecular weight excluding hydrogens is 202 g/mol. The second-order valence-corrected chi connectivity index (χ2v) is 4.73. The van der Waals surface area contributed by atoms with Crippen molar-refractivity contribution in [3.8, 4) is 0 Å². The van der Waals surface area contributed by atoms with Gasteiger partial charge in [-0.1, -0.05) is 0 Å². The number of aromatic nitrogens is 2. The van der Waals surface area contributed by atoms with Crippen LogP contribution in [0.3, 0.4) is 0 Å². The predicted octanol–water partition coefficient (Wildman–Crippen LogP) is 1.55. The summed E-state index contributed by atoms with van der Waals surface area (Å²) in [5, 5.41) is 4.34. The lowest BCUT2D eigenvalue weighted by Gasteiger charge is -2.24. The Hall–Kier alpha value is -0.870. The largest absolute Gasteiger partial charge is 0.381 e. The molecule has 1 unspecified atom stereocenters. The minimum absolute atomic E-state index is 0.106. The summed E-state index contributed by atoms with van der Waals surface area (Å²) in [6.45, 7) is 3.79. The third-order valence-electron chi connectivity index (χ3n) is 3.35. The van der Waals surface area contributed by atoms with Gasteiger partial charge in [0.25, 0.3) is 0 Å². The fourth-order valence-corrected chi connectivity index (χ4v) is 2.44. The second kappa shape index (κ2) is 4.97. The molecule has 1 atom stereocenters. The topological polar surface area (TPSA) is 53.1 Å². The van der Waals surface area contributed by atoms with Gasteiger partial charge in [-0.25, -0.2) is 0 Å². The number of ether oxygens (including phenoxy) is 1. The SMILES string of the molecule is Cc1cc(C(N)CC2CCOCC2)n(C)n1. The molecule has 0 saturated carbocycles. The summed E-state index contributed by atoms with van der Waals surface area (Å²) >= 11 is 0. The lowest BCUT2D eigenvalue weighted by Crippen LogP contribution is -2.23. The molecule has 16 heavy (non-hydrogen) atoms. The van der Waals surface area contributed by atoms with Crippen molar-refractivity contribution in [1.29, 1.82) is 0 Å². The van der Waals surface area contributed by atoms with Crippen molar-refractivity contribution < 1.29 is 4.74 Å². The van der Waals surface area contributed by atoms with E-state index in [2.05, 4.69) is 11.2 Å². The molecule has 1 fully saturated rings. The average molecular weight is 223 g/mol. The van der Waals surface area contributed by atoms with E-state index in [1.165, 1.54) is 0 Å². The number of hydrogen-bond acceptors (Lipinski definition) is 3. The summed E-state index contributed by atoms with van der Waals surface area (Å²) in [6, 6.07) is 2.19. The molecule has 1 saturated heterocycles. The van der Waals surface area contributed by atoms with E-state index in [1.54, 1.807) is 0 Å². The van der Waals surface area contributed by atoms with Gasteiger partial charge in [0.1, 0.15) is 0 Å². The summed E-state index contributed by atoms with van der Waals surface area (Å²) in [5.74, 6) is 0.707. The Labute approximate surface area is 96.8 Å². The minimum Gasteiger partial charge on any atom is -0.381 e. The quantitative estimate of drug-likeness (QED) is 0.845. The summed E-state index contributed by atoms with van der Waals surface area (Å²) in [7, 11) is 1.96. The van der Waals surface area contributed by atoms with Gasteiger partial charge in [0.15, 0.2) is 0 Å². The molecule has 0 radical (unpaired) electrons. The zero-order valence-electron chi connectivity index (χ0n) is 10.1. The van der Waals surface area contributed by atoms with Crippen LogP contribution < -0.4 is 5.73 Å².